The van der Waals surface area contributed by atoms with E-state index in [9.17, 15) is 22.4 Å². The van der Waals surface area contributed by atoms with Crippen LogP contribution in [0, 0.1) is 5.82 Å². The average Bonchev–Trinajstić information content (AvgIpc) is 3.06. The number of benzene rings is 2. The van der Waals surface area contributed by atoms with Gasteiger partial charge >= 0.3 is 12.2 Å². The number of fused-ring (bicyclic) bond motifs is 1. The Morgan fingerprint density at radius 1 is 1.04 bits per heavy atom. The molecule has 0 radical (unpaired) electrons. The number of halogens is 4. The fraction of sp³-hybridized carbons (Fsp3) is 0.118. The molecule has 0 fully saturated rings. The molecule has 4 rings (SSSR count). The van der Waals surface area contributed by atoms with Gasteiger partial charge in [-0.3, -0.25) is 0 Å². The first-order chi connectivity index (χ1) is 12.8. The fourth-order valence-electron chi connectivity index (χ4n) is 2.68. The number of carbonyl (C=O) groups is 1. The standard InChI is InChI=1S/C17H10F4N4OS/c18-12-8-6-11(7-9-12)16(17(19,20)21)23-14(26)25-15(27-16)22-13(24-25)10-4-2-1-3-5-10/h1-9H,(H,23,26)/t16-/m0/s1. The molecule has 0 bridgehead atoms. The molecule has 1 aliphatic heterocycles. The van der Waals surface area contributed by atoms with Crippen molar-refractivity contribution in [3.05, 3.63) is 66.0 Å². The maximum absolute atomic E-state index is 14.0. The third kappa shape index (κ3) is 2.85. The van der Waals surface area contributed by atoms with Crippen LogP contribution in [0.3, 0.4) is 0 Å². The zero-order chi connectivity index (χ0) is 19.2. The lowest BCUT2D eigenvalue weighted by Gasteiger charge is -2.37. The number of thioether (sulfide) groups is 1. The van der Waals surface area contributed by atoms with Crippen molar-refractivity contribution in [1.29, 1.82) is 0 Å². The van der Waals surface area contributed by atoms with E-state index in [2.05, 4.69) is 10.1 Å². The highest BCUT2D eigenvalue weighted by Gasteiger charge is 2.61. The van der Waals surface area contributed by atoms with Crippen LogP contribution in [0.2, 0.25) is 0 Å². The van der Waals surface area contributed by atoms with Crippen molar-refractivity contribution < 1.29 is 22.4 Å². The minimum atomic E-state index is -4.87. The Bertz CT molecular complexity index is 1000. The number of hydrogen-bond acceptors (Lipinski definition) is 4. The molecule has 0 saturated carbocycles. The second kappa shape index (κ2) is 6.08. The molecule has 1 N–H and O–H groups in total. The van der Waals surface area contributed by atoms with E-state index in [0.717, 1.165) is 28.9 Å². The largest absolute Gasteiger partial charge is 0.425 e. The molecule has 2 aromatic carbocycles. The highest BCUT2D eigenvalue weighted by molar-refractivity contribution is 8.00. The smallest absolute Gasteiger partial charge is 0.309 e. The molecule has 1 aromatic heterocycles. The van der Waals surface area contributed by atoms with Crippen molar-refractivity contribution in [2.75, 3.05) is 0 Å². The predicted molar refractivity (Wildman–Crippen MR) is 89.4 cm³/mol. The van der Waals surface area contributed by atoms with Crippen LogP contribution in [0.1, 0.15) is 5.56 Å². The van der Waals surface area contributed by atoms with Crippen LogP contribution in [0.4, 0.5) is 22.4 Å². The van der Waals surface area contributed by atoms with Crippen LogP contribution in [-0.2, 0) is 4.87 Å². The molecule has 0 aliphatic carbocycles. The third-order valence-corrected chi connectivity index (χ3v) is 5.30. The lowest BCUT2D eigenvalue weighted by atomic mass is 10.1. The van der Waals surface area contributed by atoms with Crippen LogP contribution >= 0.6 is 11.8 Å². The Morgan fingerprint density at radius 3 is 2.33 bits per heavy atom. The van der Waals surface area contributed by atoms with E-state index < -0.39 is 22.9 Å². The van der Waals surface area contributed by atoms with E-state index in [0.29, 0.717) is 17.3 Å². The summed E-state index contributed by atoms with van der Waals surface area (Å²) < 4.78 is 56.0. The SMILES string of the molecule is O=C1N[C@](c2ccc(F)cc2)(C(F)(F)F)Sc2nc(-c3ccccc3)nn21. The van der Waals surface area contributed by atoms with Gasteiger partial charge in [0.15, 0.2) is 11.0 Å². The second-order valence-electron chi connectivity index (χ2n) is 5.71. The van der Waals surface area contributed by atoms with Crippen LogP contribution in [0.5, 0.6) is 0 Å². The van der Waals surface area contributed by atoms with Crippen LogP contribution < -0.4 is 5.32 Å². The Balaban J connectivity index is 1.83. The number of aromatic nitrogens is 3. The van der Waals surface area contributed by atoms with Gasteiger partial charge in [0.1, 0.15) is 5.82 Å². The fourth-order valence-corrected chi connectivity index (χ4v) is 3.80. The van der Waals surface area contributed by atoms with Crippen LogP contribution in [0.15, 0.2) is 59.8 Å². The van der Waals surface area contributed by atoms with Crippen molar-refractivity contribution in [2.24, 2.45) is 0 Å². The number of nitrogens with zero attached hydrogens (tertiary/aromatic N) is 3. The van der Waals surface area contributed by atoms with E-state index >= 15 is 0 Å². The molecular weight excluding hydrogens is 384 g/mol. The summed E-state index contributed by atoms with van der Waals surface area (Å²) >= 11 is 0.300. The van der Waals surface area contributed by atoms with Gasteiger partial charge in [0.2, 0.25) is 4.87 Å². The first kappa shape index (κ1) is 17.5. The first-order valence-electron chi connectivity index (χ1n) is 7.67. The lowest BCUT2D eigenvalue weighted by Crippen LogP contribution is -2.57. The van der Waals surface area contributed by atoms with E-state index in [-0.39, 0.29) is 16.5 Å². The minimum absolute atomic E-state index is 0.130. The molecule has 0 unspecified atom stereocenters. The lowest BCUT2D eigenvalue weighted by molar-refractivity contribution is -0.168. The summed E-state index contributed by atoms with van der Waals surface area (Å²) in [6, 6.07) is 11.3. The number of amides is 1. The zero-order valence-corrected chi connectivity index (χ0v) is 14.2. The van der Waals surface area contributed by atoms with Crippen molar-refractivity contribution in [3.63, 3.8) is 0 Å². The molecule has 138 valence electrons. The molecule has 1 aliphatic rings. The van der Waals surface area contributed by atoms with E-state index in [4.69, 9.17) is 0 Å². The molecule has 2 heterocycles. The molecule has 10 heteroatoms. The first-order valence-corrected chi connectivity index (χ1v) is 8.48. The molecule has 27 heavy (non-hydrogen) atoms. The molecule has 1 amide bonds. The van der Waals surface area contributed by atoms with Crippen molar-refractivity contribution >= 4 is 17.8 Å². The van der Waals surface area contributed by atoms with Gasteiger partial charge in [-0.2, -0.15) is 17.9 Å². The number of carbonyl (C=O) groups excluding carboxylic acids is 1. The molecule has 5 nitrogen and oxygen atoms in total. The van der Waals surface area contributed by atoms with Gasteiger partial charge in [0.05, 0.1) is 0 Å². The number of alkyl halides is 3. The topological polar surface area (TPSA) is 59.8 Å². The maximum atomic E-state index is 14.0. The molecule has 0 saturated heterocycles. The van der Waals surface area contributed by atoms with Gasteiger partial charge in [-0.15, -0.1) is 5.10 Å². The minimum Gasteiger partial charge on any atom is -0.309 e. The monoisotopic (exact) mass is 394 g/mol. The predicted octanol–water partition coefficient (Wildman–Crippen LogP) is 4.16. The Labute approximate surface area is 154 Å². The van der Waals surface area contributed by atoms with E-state index in [1.54, 1.807) is 30.3 Å². The molecular formula is C17H10F4N4OS. The molecule has 1 atom stereocenters. The van der Waals surface area contributed by atoms with Crippen LogP contribution in [0.25, 0.3) is 11.4 Å². The van der Waals surface area contributed by atoms with Gasteiger partial charge in [0, 0.05) is 5.56 Å². The quantitative estimate of drug-likeness (QED) is 0.663. The zero-order valence-electron chi connectivity index (χ0n) is 13.4. The Kier molecular flexibility index (Phi) is 3.95. The van der Waals surface area contributed by atoms with Gasteiger partial charge in [-0.05, 0) is 29.5 Å². The van der Waals surface area contributed by atoms with E-state index in [1.165, 1.54) is 0 Å². The summed E-state index contributed by atoms with van der Waals surface area (Å²) in [5.41, 5.74) is 0.248. The normalized spacial score (nSPS) is 19.5. The molecule has 3 aromatic rings. The van der Waals surface area contributed by atoms with Crippen molar-refractivity contribution in [3.8, 4) is 11.4 Å². The number of nitrogens with one attached hydrogen (secondary N) is 1. The summed E-state index contributed by atoms with van der Waals surface area (Å²) in [5.74, 6) is -0.553. The number of rotatable bonds is 2. The maximum Gasteiger partial charge on any atom is 0.425 e. The molecule has 0 spiro atoms. The number of hydrogen-bond donors (Lipinski definition) is 1. The third-order valence-electron chi connectivity index (χ3n) is 3.98. The summed E-state index contributed by atoms with van der Waals surface area (Å²) in [6.45, 7) is 0. The summed E-state index contributed by atoms with van der Waals surface area (Å²) in [7, 11) is 0. The average molecular weight is 394 g/mol. The van der Waals surface area contributed by atoms with Gasteiger partial charge in [0.25, 0.3) is 0 Å². The second-order valence-corrected chi connectivity index (χ2v) is 6.90. The highest BCUT2D eigenvalue weighted by atomic mass is 32.2. The summed E-state index contributed by atoms with van der Waals surface area (Å²) in [5, 5.41) is 5.76. The van der Waals surface area contributed by atoms with Crippen molar-refractivity contribution in [2.45, 2.75) is 16.2 Å². The van der Waals surface area contributed by atoms with Gasteiger partial charge < -0.3 is 5.32 Å². The Morgan fingerprint density at radius 2 is 1.70 bits per heavy atom. The van der Waals surface area contributed by atoms with Gasteiger partial charge in [-0.1, -0.05) is 42.5 Å². The highest BCUT2D eigenvalue weighted by Crippen LogP contribution is 2.51. The summed E-state index contributed by atoms with van der Waals surface area (Å²) in [6.07, 6.45) is -4.87. The Hall–Kier alpha value is -2.88. The van der Waals surface area contributed by atoms with E-state index in [1.807, 2.05) is 5.32 Å². The van der Waals surface area contributed by atoms with Gasteiger partial charge in [-0.25, -0.2) is 14.2 Å². The van der Waals surface area contributed by atoms with Crippen molar-refractivity contribution in [1.82, 2.24) is 20.1 Å². The summed E-state index contributed by atoms with van der Waals surface area (Å²) in [4.78, 5) is 13.7. The van der Waals surface area contributed by atoms with Crippen LogP contribution in [-0.4, -0.2) is 27.0 Å².